The molecular formula is C14H27NO2S. The van der Waals surface area contributed by atoms with Gasteiger partial charge in [-0.25, -0.2) is 0 Å². The summed E-state index contributed by atoms with van der Waals surface area (Å²) in [5.74, 6) is 2.32. The van der Waals surface area contributed by atoms with E-state index >= 15 is 0 Å². The quantitative estimate of drug-likeness (QED) is 0.600. The van der Waals surface area contributed by atoms with Gasteiger partial charge in [-0.2, -0.15) is 11.8 Å². The van der Waals surface area contributed by atoms with Gasteiger partial charge in [0.05, 0.1) is 0 Å². The number of carbonyl (C=O) groups is 1. The number of carboxylic acids is 1. The Hall–Kier alpha value is -0.220. The van der Waals surface area contributed by atoms with E-state index in [1.807, 2.05) is 18.7 Å². The summed E-state index contributed by atoms with van der Waals surface area (Å²) in [6, 6.07) is 0.443. The van der Waals surface area contributed by atoms with Gasteiger partial charge in [0.15, 0.2) is 0 Å². The van der Waals surface area contributed by atoms with Crippen LogP contribution in [0.25, 0.3) is 0 Å². The van der Waals surface area contributed by atoms with Crippen LogP contribution in [0.5, 0.6) is 0 Å². The van der Waals surface area contributed by atoms with Gasteiger partial charge in [0.2, 0.25) is 0 Å². The van der Waals surface area contributed by atoms with Crippen molar-refractivity contribution in [2.75, 3.05) is 11.5 Å². The van der Waals surface area contributed by atoms with Crippen LogP contribution in [0.15, 0.2) is 0 Å². The monoisotopic (exact) mass is 273 g/mol. The Morgan fingerprint density at radius 1 is 1.56 bits per heavy atom. The van der Waals surface area contributed by atoms with E-state index in [1.165, 1.54) is 12.2 Å². The van der Waals surface area contributed by atoms with Crippen molar-refractivity contribution in [1.29, 1.82) is 0 Å². The molecule has 1 fully saturated rings. The van der Waals surface area contributed by atoms with E-state index in [4.69, 9.17) is 0 Å². The topological polar surface area (TPSA) is 49.3 Å². The summed E-state index contributed by atoms with van der Waals surface area (Å²) in [6.45, 7) is 6.31. The van der Waals surface area contributed by atoms with Crippen LogP contribution in [-0.4, -0.2) is 34.2 Å². The second-order valence-electron chi connectivity index (χ2n) is 5.75. The molecule has 0 bridgehead atoms. The summed E-state index contributed by atoms with van der Waals surface area (Å²) >= 11 is 1.95. The molecule has 2 unspecified atom stereocenters. The first-order valence-corrected chi connectivity index (χ1v) is 8.22. The molecule has 18 heavy (non-hydrogen) atoms. The Morgan fingerprint density at radius 3 is 2.72 bits per heavy atom. The van der Waals surface area contributed by atoms with Crippen molar-refractivity contribution in [1.82, 2.24) is 5.32 Å². The Bertz CT molecular complexity index is 269. The van der Waals surface area contributed by atoms with Gasteiger partial charge in [0.1, 0.15) is 5.54 Å². The molecule has 2 N–H and O–H groups in total. The molecule has 1 rings (SSSR count). The lowest BCUT2D eigenvalue weighted by Crippen LogP contribution is -2.50. The fourth-order valence-corrected chi connectivity index (χ4v) is 3.00. The maximum atomic E-state index is 11.3. The van der Waals surface area contributed by atoms with Crippen molar-refractivity contribution < 1.29 is 9.90 Å². The lowest BCUT2D eigenvalue weighted by Gasteiger charge is -2.26. The van der Waals surface area contributed by atoms with Crippen LogP contribution in [0, 0.1) is 5.92 Å². The molecule has 0 aromatic heterocycles. The van der Waals surface area contributed by atoms with E-state index < -0.39 is 11.5 Å². The molecule has 0 amide bonds. The molecule has 1 saturated carbocycles. The van der Waals surface area contributed by atoms with Crippen LogP contribution >= 0.6 is 11.8 Å². The first-order valence-electron chi connectivity index (χ1n) is 7.06. The van der Waals surface area contributed by atoms with Gasteiger partial charge in [0, 0.05) is 6.04 Å². The molecule has 1 aliphatic rings. The average molecular weight is 273 g/mol. The predicted molar refractivity (Wildman–Crippen MR) is 78.2 cm³/mol. The van der Waals surface area contributed by atoms with Crippen molar-refractivity contribution in [3.63, 3.8) is 0 Å². The van der Waals surface area contributed by atoms with Gasteiger partial charge in [-0.1, -0.05) is 20.3 Å². The summed E-state index contributed by atoms with van der Waals surface area (Å²) < 4.78 is 0. The fraction of sp³-hybridized carbons (Fsp3) is 0.929. The Labute approximate surface area is 115 Å². The molecule has 0 heterocycles. The molecule has 2 atom stereocenters. The minimum absolute atomic E-state index is 0.443. The highest BCUT2D eigenvalue weighted by atomic mass is 32.2. The number of nitrogens with one attached hydrogen (secondary N) is 1. The first-order chi connectivity index (χ1) is 8.48. The summed E-state index contributed by atoms with van der Waals surface area (Å²) in [4.78, 5) is 11.3. The van der Waals surface area contributed by atoms with Gasteiger partial charge in [-0.3, -0.25) is 10.1 Å². The minimum atomic E-state index is -0.724. The van der Waals surface area contributed by atoms with Crippen molar-refractivity contribution in [2.24, 2.45) is 5.92 Å². The van der Waals surface area contributed by atoms with Crippen LogP contribution in [0.2, 0.25) is 0 Å². The van der Waals surface area contributed by atoms with Crippen LogP contribution < -0.4 is 5.32 Å². The molecule has 0 aromatic rings. The summed E-state index contributed by atoms with van der Waals surface area (Å²) in [7, 11) is 0. The molecular weight excluding hydrogens is 246 g/mol. The van der Waals surface area contributed by atoms with Crippen LogP contribution in [0.1, 0.15) is 52.9 Å². The molecule has 4 heteroatoms. The predicted octanol–water partition coefficient (Wildman–Crippen LogP) is 3.14. The molecule has 0 saturated heterocycles. The van der Waals surface area contributed by atoms with Crippen LogP contribution in [-0.2, 0) is 4.79 Å². The highest BCUT2D eigenvalue weighted by Gasteiger charge is 2.37. The number of hydrogen-bond donors (Lipinski definition) is 2. The van der Waals surface area contributed by atoms with Crippen molar-refractivity contribution in [3.8, 4) is 0 Å². The maximum absolute atomic E-state index is 11.3. The standard InChI is InChI=1S/C14H27NO2S/c1-4-11(2)10-18-9-5-8-14(3,13(16)17)15-12-6-7-12/h11-12,15H,4-10H2,1-3H3,(H,16,17). The van der Waals surface area contributed by atoms with Gasteiger partial charge in [0.25, 0.3) is 0 Å². The van der Waals surface area contributed by atoms with Crippen molar-refractivity contribution >= 4 is 17.7 Å². The van der Waals surface area contributed by atoms with Crippen molar-refractivity contribution in [2.45, 2.75) is 64.5 Å². The fourth-order valence-electron chi connectivity index (χ4n) is 1.85. The molecule has 0 aliphatic heterocycles. The number of hydrogen-bond acceptors (Lipinski definition) is 3. The highest BCUT2D eigenvalue weighted by Crippen LogP contribution is 2.25. The second kappa shape index (κ2) is 7.39. The Morgan fingerprint density at radius 2 is 2.22 bits per heavy atom. The minimum Gasteiger partial charge on any atom is -0.480 e. The molecule has 1 aliphatic carbocycles. The zero-order valence-corrected chi connectivity index (χ0v) is 12.7. The van der Waals surface area contributed by atoms with E-state index in [1.54, 1.807) is 0 Å². The normalized spacial score (nSPS) is 20.4. The largest absolute Gasteiger partial charge is 0.480 e. The summed E-state index contributed by atoms with van der Waals surface area (Å²) in [5.41, 5.74) is -0.724. The van der Waals surface area contributed by atoms with Gasteiger partial charge < -0.3 is 5.11 Å². The van der Waals surface area contributed by atoms with E-state index in [9.17, 15) is 9.90 Å². The third kappa shape index (κ3) is 5.61. The molecule has 3 nitrogen and oxygen atoms in total. The van der Waals surface area contributed by atoms with Crippen LogP contribution in [0.3, 0.4) is 0 Å². The molecule has 106 valence electrons. The SMILES string of the molecule is CCC(C)CSCCCC(C)(NC1CC1)C(=O)O. The Kier molecular flexibility index (Phi) is 6.50. The zero-order valence-electron chi connectivity index (χ0n) is 11.9. The molecule has 0 radical (unpaired) electrons. The smallest absolute Gasteiger partial charge is 0.323 e. The van der Waals surface area contributed by atoms with E-state index in [0.29, 0.717) is 6.04 Å². The number of aliphatic carboxylic acids is 1. The second-order valence-corrected chi connectivity index (χ2v) is 6.90. The van der Waals surface area contributed by atoms with Gasteiger partial charge >= 0.3 is 5.97 Å². The highest BCUT2D eigenvalue weighted by molar-refractivity contribution is 7.99. The van der Waals surface area contributed by atoms with E-state index in [2.05, 4.69) is 19.2 Å². The summed E-state index contributed by atoms with van der Waals surface area (Å²) in [6.07, 6.45) is 5.19. The molecule has 0 spiro atoms. The third-order valence-corrected chi connectivity index (χ3v) is 5.02. The average Bonchev–Trinajstić information content (AvgIpc) is 3.11. The lowest BCUT2D eigenvalue weighted by atomic mass is 9.96. The zero-order chi connectivity index (χ0) is 13.6. The lowest BCUT2D eigenvalue weighted by molar-refractivity contribution is -0.144. The van der Waals surface area contributed by atoms with Gasteiger partial charge in [-0.05, 0) is 50.0 Å². The number of carboxylic acid groups (broad SMARTS) is 1. The Balaban J connectivity index is 2.19. The summed E-state index contributed by atoms with van der Waals surface area (Å²) in [5, 5.41) is 12.6. The van der Waals surface area contributed by atoms with Crippen molar-refractivity contribution in [3.05, 3.63) is 0 Å². The molecule has 0 aromatic carbocycles. The van der Waals surface area contributed by atoms with Crippen LogP contribution in [0.4, 0.5) is 0 Å². The number of rotatable bonds is 10. The van der Waals surface area contributed by atoms with E-state index in [0.717, 1.165) is 37.4 Å². The number of thioether (sulfide) groups is 1. The maximum Gasteiger partial charge on any atom is 0.323 e. The van der Waals surface area contributed by atoms with Gasteiger partial charge in [-0.15, -0.1) is 0 Å². The third-order valence-electron chi connectivity index (χ3n) is 3.64. The van der Waals surface area contributed by atoms with E-state index in [-0.39, 0.29) is 0 Å². The first kappa shape index (κ1) is 15.8.